The van der Waals surface area contributed by atoms with Crippen LogP contribution in [0, 0.1) is 25.5 Å². The minimum atomic E-state index is -1.18. The third-order valence-electron chi connectivity index (χ3n) is 6.25. The summed E-state index contributed by atoms with van der Waals surface area (Å²) in [7, 11) is 3.82. The molecule has 1 unspecified atom stereocenters. The van der Waals surface area contributed by atoms with Crippen molar-refractivity contribution in [2.24, 2.45) is 0 Å². The molecule has 3 aromatic carbocycles. The van der Waals surface area contributed by atoms with Crippen molar-refractivity contribution in [2.75, 3.05) is 30.1 Å². The Morgan fingerprint density at radius 3 is 2.15 bits per heavy atom. The van der Waals surface area contributed by atoms with Crippen LogP contribution in [-0.4, -0.2) is 46.5 Å². The van der Waals surface area contributed by atoms with Gasteiger partial charge in [0.1, 0.15) is 17.7 Å². The van der Waals surface area contributed by atoms with Gasteiger partial charge in [-0.1, -0.05) is 36.0 Å². The van der Waals surface area contributed by atoms with Crippen LogP contribution in [-0.2, 0) is 16.1 Å². The predicted molar refractivity (Wildman–Crippen MR) is 158 cm³/mol. The van der Waals surface area contributed by atoms with E-state index >= 15 is 0 Å². The van der Waals surface area contributed by atoms with Crippen LogP contribution in [0.25, 0.3) is 0 Å². The standard InChI is InChI=1S/C31H31F2N5O2S/c1-20-16-21(2)35-31(34-20)41-19-28(39)38(18-22-8-10-24(32)11-9-22)29(23-6-5-7-25(33)17-23)30(40)36-26-12-14-27(15-13-26)37(3)4/h5-17,29H,18-19H2,1-4H3,(H,36,40). The van der Waals surface area contributed by atoms with E-state index in [9.17, 15) is 18.4 Å². The van der Waals surface area contributed by atoms with Crippen LogP contribution in [0.1, 0.15) is 28.6 Å². The number of nitrogens with zero attached hydrogens (tertiary/aromatic N) is 4. The van der Waals surface area contributed by atoms with Gasteiger partial charge >= 0.3 is 0 Å². The van der Waals surface area contributed by atoms with Crippen LogP contribution in [0.4, 0.5) is 20.2 Å². The van der Waals surface area contributed by atoms with Gasteiger partial charge in [0, 0.05) is 43.4 Å². The first-order chi connectivity index (χ1) is 19.6. The maximum absolute atomic E-state index is 14.4. The summed E-state index contributed by atoms with van der Waals surface area (Å²) in [6.07, 6.45) is 0. The Bertz CT molecular complexity index is 1490. The second-order valence-electron chi connectivity index (χ2n) is 9.76. The highest BCUT2D eigenvalue weighted by Gasteiger charge is 2.32. The molecular formula is C31H31F2N5O2S. The number of hydrogen-bond acceptors (Lipinski definition) is 6. The van der Waals surface area contributed by atoms with Crippen molar-refractivity contribution in [2.45, 2.75) is 31.6 Å². The minimum absolute atomic E-state index is 0.0124. The van der Waals surface area contributed by atoms with Gasteiger partial charge in [0.25, 0.3) is 5.91 Å². The summed E-state index contributed by atoms with van der Waals surface area (Å²) in [5, 5.41) is 3.32. The lowest BCUT2D eigenvalue weighted by Gasteiger charge is -2.31. The molecule has 0 saturated heterocycles. The second-order valence-corrected chi connectivity index (χ2v) is 10.7. The molecule has 10 heteroatoms. The van der Waals surface area contributed by atoms with Crippen molar-refractivity contribution in [1.82, 2.24) is 14.9 Å². The predicted octanol–water partition coefficient (Wildman–Crippen LogP) is 5.94. The lowest BCUT2D eigenvalue weighted by Crippen LogP contribution is -2.42. The Morgan fingerprint density at radius 1 is 0.878 bits per heavy atom. The Hall–Kier alpha value is -4.31. The van der Waals surface area contributed by atoms with Crippen molar-refractivity contribution in [1.29, 1.82) is 0 Å². The lowest BCUT2D eigenvalue weighted by atomic mass is 10.0. The van der Waals surface area contributed by atoms with Gasteiger partial charge in [0.2, 0.25) is 5.91 Å². The first-order valence-electron chi connectivity index (χ1n) is 12.9. The molecule has 41 heavy (non-hydrogen) atoms. The summed E-state index contributed by atoms with van der Waals surface area (Å²) >= 11 is 1.15. The van der Waals surface area contributed by atoms with Gasteiger partial charge in [-0.3, -0.25) is 9.59 Å². The van der Waals surface area contributed by atoms with E-state index in [0.29, 0.717) is 22.0 Å². The number of aryl methyl sites for hydroxylation is 2. The number of nitrogens with one attached hydrogen (secondary N) is 1. The van der Waals surface area contributed by atoms with Crippen LogP contribution in [0.3, 0.4) is 0 Å². The molecule has 0 aliphatic rings. The van der Waals surface area contributed by atoms with Crippen molar-refractivity contribution < 1.29 is 18.4 Å². The van der Waals surface area contributed by atoms with Gasteiger partial charge in [-0.2, -0.15) is 0 Å². The Morgan fingerprint density at radius 2 is 1.54 bits per heavy atom. The molecule has 212 valence electrons. The molecule has 0 aliphatic heterocycles. The monoisotopic (exact) mass is 575 g/mol. The SMILES string of the molecule is Cc1cc(C)nc(SCC(=O)N(Cc2ccc(F)cc2)C(C(=O)Nc2ccc(N(C)C)cc2)c2cccc(F)c2)n1. The van der Waals surface area contributed by atoms with E-state index in [2.05, 4.69) is 15.3 Å². The molecule has 0 fully saturated rings. The van der Waals surface area contributed by atoms with Gasteiger partial charge < -0.3 is 15.1 Å². The molecule has 0 spiro atoms. The topological polar surface area (TPSA) is 78.4 Å². The Balaban J connectivity index is 1.69. The molecule has 2 amide bonds. The largest absolute Gasteiger partial charge is 0.378 e. The molecule has 0 aliphatic carbocycles. The van der Waals surface area contributed by atoms with Crippen molar-refractivity contribution in [3.8, 4) is 0 Å². The fourth-order valence-corrected chi connectivity index (χ4v) is 5.12. The van der Waals surface area contributed by atoms with Crippen molar-refractivity contribution in [3.63, 3.8) is 0 Å². The normalized spacial score (nSPS) is 11.6. The van der Waals surface area contributed by atoms with E-state index in [-0.39, 0.29) is 12.3 Å². The first-order valence-corrected chi connectivity index (χ1v) is 13.9. The van der Waals surface area contributed by atoms with E-state index in [1.807, 2.05) is 51.0 Å². The average molecular weight is 576 g/mol. The van der Waals surface area contributed by atoms with Crippen LogP contribution < -0.4 is 10.2 Å². The molecule has 4 rings (SSSR count). The lowest BCUT2D eigenvalue weighted by molar-refractivity contribution is -0.137. The summed E-state index contributed by atoms with van der Waals surface area (Å²) < 4.78 is 28.1. The number of anilines is 2. The Kier molecular flexibility index (Phi) is 9.67. The number of amides is 2. The second kappa shape index (κ2) is 13.4. The molecule has 1 heterocycles. The van der Waals surface area contributed by atoms with E-state index in [4.69, 9.17) is 0 Å². The molecule has 0 bridgehead atoms. The summed E-state index contributed by atoms with van der Waals surface area (Å²) in [6.45, 7) is 3.68. The molecule has 1 atom stereocenters. The number of hydrogen-bond donors (Lipinski definition) is 1. The smallest absolute Gasteiger partial charge is 0.251 e. The number of carbonyl (C=O) groups is 2. The maximum atomic E-state index is 14.4. The van der Waals surface area contributed by atoms with Gasteiger partial charge in [-0.25, -0.2) is 18.7 Å². The number of benzene rings is 3. The molecule has 4 aromatic rings. The number of halogens is 2. The van der Waals surface area contributed by atoms with Crippen LogP contribution >= 0.6 is 11.8 Å². The number of aromatic nitrogens is 2. The van der Waals surface area contributed by atoms with E-state index in [0.717, 1.165) is 28.8 Å². The third kappa shape index (κ3) is 8.11. The number of rotatable bonds is 10. The fraction of sp³-hybridized carbons (Fsp3) is 0.226. The average Bonchev–Trinajstić information content (AvgIpc) is 2.92. The highest BCUT2D eigenvalue weighted by atomic mass is 32.2. The van der Waals surface area contributed by atoms with Crippen LogP contribution in [0.5, 0.6) is 0 Å². The molecule has 1 aromatic heterocycles. The molecular weight excluding hydrogens is 544 g/mol. The summed E-state index contributed by atoms with van der Waals surface area (Å²) in [4.78, 5) is 39.8. The van der Waals surface area contributed by atoms with Gasteiger partial charge in [-0.05, 0) is 79.6 Å². The minimum Gasteiger partial charge on any atom is -0.378 e. The van der Waals surface area contributed by atoms with Gasteiger partial charge in [0.05, 0.1) is 5.75 Å². The molecule has 0 saturated carbocycles. The summed E-state index contributed by atoms with van der Waals surface area (Å²) in [6, 6.07) is 19.2. The molecule has 7 nitrogen and oxygen atoms in total. The van der Waals surface area contributed by atoms with Crippen molar-refractivity contribution in [3.05, 3.63) is 113 Å². The highest BCUT2D eigenvalue weighted by Crippen LogP contribution is 2.28. The molecule has 1 N–H and O–H groups in total. The van der Waals surface area contributed by atoms with Crippen LogP contribution in [0.15, 0.2) is 84.0 Å². The van der Waals surface area contributed by atoms with E-state index in [1.54, 1.807) is 30.3 Å². The third-order valence-corrected chi connectivity index (χ3v) is 7.08. The number of thioether (sulfide) groups is 1. The van der Waals surface area contributed by atoms with E-state index < -0.39 is 29.5 Å². The van der Waals surface area contributed by atoms with Crippen molar-refractivity contribution >= 4 is 35.0 Å². The summed E-state index contributed by atoms with van der Waals surface area (Å²) in [5.74, 6) is -1.94. The Labute approximate surface area is 242 Å². The zero-order chi connectivity index (χ0) is 29.5. The van der Waals surface area contributed by atoms with E-state index in [1.165, 1.54) is 35.2 Å². The quantitative estimate of drug-likeness (QED) is 0.186. The zero-order valence-electron chi connectivity index (χ0n) is 23.3. The molecule has 0 radical (unpaired) electrons. The summed E-state index contributed by atoms with van der Waals surface area (Å²) in [5.41, 5.74) is 3.92. The van der Waals surface area contributed by atoms with Gasteiger partial charge in [-0.15, -0.1) is 0 Å². The first kappa shape index (κ1) is 29.7. The maximum Gasteiger partial charge on any atom is 0.251 e. The van der Waals surface area contributed by atoms with Crippen LogP contribution in [0.2, 0.25) is 0 Å². The zero-order valence-corrected chi connectivity index (χ0v) is 24.1. The number of carbonyl (C=O) groups excluding carboxylic acids is 2. The fourth-order valence-electron chi connectivity index (χ4n) is 4.28. The highest BCUT2D eigenvalue weighted by molar-refractivity contribution is 7.99. The van der Waals surface area contributed by atoms with Gasteiger partial charge in [0.15, 0.2) is 5.16 Å².